The van der Waals surface area contributed by atoms with Crippen molar-refractivity contribution in [1.29, 1.82) is 0 Å². The van der Waals surface area contributed by atoms with E-state index in [0.29, 0.717) is 5.41 Å². The number of nitrogens with zero attached hydrogens (tertiary/aromatic N) is 1. The molecule has 0 bridgehead atoms. The fourth-order valence-corrected chi connectivity index (χ4v) is 5.18. The van der Waals surface area contributed by atoms with Gasteiger partial charge in [-0.05, 0) is 13.8 Å². The highest BCUT2D eigenvalue weighted by Crippen LogP contribution is 2.43. The Morgan fingerprint density at radius 3 is 2.55 bits per heavy atom. The first kappa shape index (κ1) is 15.1. The summed E-state index contributed by atoms with van der Waals surface area (Å²) in [7, 11) is -5.56. The zero-order chi connectivity index (χ0) is 15.5. The molecule has 2 fully saturated rings. The molecule has 8 nitrogen and oxygen atoms in total. The number of amides is 1. The van der Waals surface area contributed by atoms with Gasteiger partial charge >= 0.3 is 5.97 Å². The predicted molar refractivity (Wildman–Crippen MR) is 70.3 cm³/mol. The summed E-state index contributed by atoms with van der Waals surface area (Å²) in [6.45, 7) is 6.06. The first-order chi connectivity index (χ1) is 9.04. The van der Waals surface area contributed by atoms with E-state index >= 15 is 0 Å². The highest BCUT2D eigenvalue weighted by molar-refractivity contribution is 7.92. The van der Waals surface area contributed by atoms with E-state index in [1.807, 2.05) is 0 Å². The maximum absolute atomic E-state index is 12.3. The second kappa shape index (κ2) is 4.37. The Balaban J connectivity index is 2.36. The van der Waals surface area contributed by atoms with Crippen LogP contribution in [-0.2, 0) is 30.4 Å². The van der Waals surface area contributed by atoms with Crippen molar-refractivity contribution < 1.29 is 27.3 Å². The molecule has 0 aromatic carbocycles. The van der Waals surface area contributed by atoms with Crippen LogP contribution in [0.25, 0.3) is 0 Å². The monoisotopic (exact) mass is 322 g/mol. The van der Waals surface area contributed by atoms with Gasteiger partial charge in [0.1, 0.15) is 17.5 Å². The molecule has 112 valence electrons. The summed E-state index contributed by atoms with van der Waals surface area (Å²) in [5.74, 6) is -1.95. The SMILES string of the molecule is C=CS(=O)(=O)N[C@@H]1C(=O)N2[C@@H]1S(=O)C(C)(C)[C@@H]2C(=O)O. The van der Waals surface area contributed by atoms with Crippen LogP contribution in [-0.4, -0.2) is 56.7 Å². The summed E-state index contributed by atoms with van der Waals surface area (Å²) < 4.78 is 36.1. The number of sulfonamides is 1. The van der Waals surface area contributed by atoms with Crippen LogP contribution in [0.5, 0.6) is 0 Å². The van der Waals surface area contributed by atoms with Gasteiger partial charge < -0.3 is 10.0 Å². The fraction of sp³-hybridized carbons (Fsp3) is 0.600. The maximum atomic E-state index is 12.3. The molecule has 2 aliphatic heterocycles. The number of carboxylic acid groups (broad SMARTS) is 1. The van der Waals surface area contributed by atoms with E-state index in [-0.39, 0.29) is 0 Å². The van der Waals surface area contributed by atoms with Gasteiger partial charge in [-0.15, -0.1) is 0 Å². The van der Waals surface area contributed by atoms with Crippen molar-refractivity contribution in [3.8, 4) is 0 Å². The minimum absolute atomic E-state index is 0.640. The zero-order valence-electron chi connectivity index (χ0n) is 10.8. The number of hydrogen-bond acceptors (Lipinski definition) is 5. The van der Waals surface area contributed by atoms with Crippen LogP contribution in [0.2, 0.25) is 0 Å². The molecular formula is C10H14N2O6S2. The zero-order valence-corrected chi connectivity index (χ0v) is 12.4. The lowest BCUT2D eigenvalue weighted by atomic mass is 9.96. The van der Waals surface area contributed by atoms with E-state index in [1.165, 1.54) is 13.8 Å². The second-order valence-corrected chi connectivity index (χ2v) is 8.87. The first-order valence-electron chi connectivity index (χ1n) is 5.65. The van der Waals surface area contributed by atoms with E-state index < -0.39 is 54.9 Å². The molecule has 10 heteroatoms. The number of β-lactam (4-membered cyclic amide) rings is 1. The third kappa shape index (κ3) is 1.90. The van der Waals surface area contributed by atoms with Crippen molar-refractivity contribution in [3.05, 3.63) is 12.0 Å². The van der Waals surface area contributed by atoms with Crippen molar-refractivity contribution >= 4 is 32.7 Å². The van der Waals surface area contributed by atoms with Crippen molar-refractivity contribution in [3.63, 3.8) is 0 Å². The molecule has 2 N–H and O–H groups in total. The molecule has 0 aromatic rings. The number of carbonyl (C=O) groups excluding carboxylic acids is 1. The lowest BCUT2D eigenvalue weighted by Crippen LogP contribution is -2.71. The van der Waals surface area contributed by atoms with Crippen LogP contribution in [0, 0.1) is 0 Å². The average molecular weight is 322 g/mol. The Hall–Kier alpha value is -1.26. The molecular weight excluding hydrogens is 308 g/mol. The Morgan fingerprint density at radius 2 is 2.10 bits per heavy atom. The van der Waals surface area contributed by atoms with Crippen LogP contribution in [0.15, 0.2) is 12.0 Å². The Kier molecular flexibility index (Phi) is 3.30. The lowest BCUT2D eigenvalue weighted by molar-refractivity contribution is -0.159. The fourth-order valence-electron chi connectivity index (χ4n) is 2.49. The van der Waals surface area contributed by atoms with Gasteiger partial charge in [0, 0.05) is 5.41 Å². The van der Waals surface area contributed by atoms with E-state index in [1.54, 1.807) is 0 Å². The highest BCUT2D eigenvalue weighted by Gasteiger charge is 2.68. The molecule has 1 unspecified atom stereocenters. The molecule has 0 aromatic heterocycles. The first-order valence-corrected chi connectivity index (χ1v) is 8.41. The van der Waals surface area contributed by atoms with E-state index in [4.69, 9.17) is 0 Å². The third-order valence-electron chi connectivity index (χ3n) is 3.50. The van der Waals surface area contributed by atoms with Gasteiger partial charge in [-0.3, -0.25) is 9.00 Å². The van der Waals surface area contributed by atoms with E-state index in [9.17, 15) is 27.3 Å². The average Bonchev–Trinajstić information content (AvgIpc) is 2.53. The van der Waals surface area contributed by atoms with Crippen molar-refractivity contribution in [1.82, 2.24) is 9.62 Å². The molecule has 2 rings (SSSR count). The van der Waals surface area contributed by atoms with Gasteiger partial charge in [-0.2, -0.15) is 4.72 Å². The van der Waals surface area contributed by atoms with Crippen molar-refractivity contribution in [2.45, 2.75) is 36.1 Å². The highest BCUT2D eigenvalue weighted by atomic mass is 32.2. The summed E-state index contributed by atoms with van der Waals surface area (Å²) in [5, 5.41) is 8.86. The summed E-state index contributed by atoms with van der Waals surface area (Å²) in [6, 6.07) is -2.44. The molecule has 2 heterocycles. The maximum Gasteiger partial charge on any atom is 0.328 e. The minimum atomic E-state index is -3.87. The molecule has 0 saturated carbocycles. The third-order valence-corrected chi connectivity index (χ3v) is 6.72. The van der Waals surface area contributed by atoms with Gasteiger partial charge in [0.05, 0.1) is 15.5 Å². The Labute approximate surface area is 118 Å². The van der Waals surface area contributed by atoms with Crippen LogP contribution in [0.3, 0.4) is 0 Å². The molecule has 0 radical (unpaired) electrons. The summed E-state index contributed by atoms with van der Waals surface area (Å²) in [6.07, 6.45) is 0. The van der Waals surface area contributed by atoms with Crippen molar-refractivity contribution in [2.75, 3.05) is 0 Å². The van der Waals surface area contributed by atoms with Gasteiger partial charge in [-0.1, -0.05) is 6.58 Å². The van der Waals surface area contributed by atoms with E-state index in [0.717, 1.165) is 4.90 Å². The number of aliphatic carboxylic acids is 1. The van der Waals surface area contributed by atoms with Crippen LogP contribution < -0.4 is 4.72 Å². The normalized spacial score (nSPS) is 35.3. The summed E-state index contributed by atoms with van der Waals surface area (Å²) in [4.78, 5) is 24.2. The molecule has 0 spiro atoms. The minimum Gasteiger partial charge on any atom is -0.480 e. The summed E-state index contributed by atoms with van der Waals surface area (Å²) >= 11 is 0. The molecule has 20 heavy (non-hydrogen) atoms. The number of hydrogen-bond donors (Lipinski definition) is 2. The van der Waals surface area contributed by atoms with Gasteiger partial charge in [0.2, 0.25) is 15.9 Å². The molecule has 4 atom stereocenters. The van der Waals surface area contributed by atoms with Crippen LogP contribution in [0.1, 0.15) is 13.8 Å². The topological polar surface area (TPSA) is 121 Å². The quantitative estimate of drug-likeness (QED) is 0.613. The Bertz CT molecular complexity index is 626. The second-order valence-electron chi connectivity index (χ2n) is 5.08. The smallest absolute Gasteiger partial charge is 0.328 e. The van der Waals surface area contributed by atoms with Crippen LogP contribution >= 0.6 is 0 Å². The standard InChI is InChI=1S/C10H14N2O6S2/c1-4-20(17,18)11-5-7(13)12-6(9(14)15)10(2,3)19(16)8(5)12/h4-6,8,11H,1H2,2-3H3,(H,14,15)/t5-,6+,8-,19?/m1/s1. The number of fused-ring (bicyclic) bond motifs is 1. The molecule has 2 saturated heterocycles. The van der Waals surface area contributed by atoms with Gasteiger partial charge in [0.25, 0.3) is 0 Å². The number of carboxylic acids is 1. The Morgan fingerprint density at radius 1 is 1.55 bits per heavy atom. The molecule has 1 amide bonds. The van der Waals surface area contributed by atoms with Gasteiger partial charge in [0.15, 0.2) is 0 Å². The van der Waals surface area contributed by atoms with Crippen molar-refractivity contribution in [2.24, 2.45) is 0 Å². The summed E-state index contributed by atoms with van der Waals surface area (Å²) in [5.41, 5.74) is 0. The lowest BCUT2D eigenvalue weighted by Gasteiger charge is -2.42. The largest absolute Gasteiger partial charge is 0.480 e. The van der Waals surface area contributed by atoms with Gasteiger partial charge in [-0.25, -0.2) is 13.2 Å². The number of carbonyl (C=O) groups is 2. The van der Waals surface area contributed by atoms with Crippen LogP contribution in [0.4, 0.5) is 0 Å². The number of rotatable bonds is 4. The van der Waals surface area contributed by atoms with E-state index in [2.05, 4.69) is 11.3 Å². The number of nitrogens with one attached hydrogen (secondary N) is 1. The predicted octanol–water partition coefficient (Wildman–Crippen LogP) is -1.42. The molecule has 0 aliphatic carbocycles. The molecule has 2 aliphatic rings.